The molecule has 4 amide bonds. The van der Waals surface area contributed by atoms with Gasteiger partial charge in [-0.05, 0) is 122 Å². The predicted molar refractivity (Wildman–Crippen MR) is 353 cm³/mol. The molecule has 20 nitrogen and oxygen atoms in total. The second kappa shape index (κ2) is 29.5. The number of halogens is 3. The zero-order valence-corrected chi connectivity index (χ0v) is 55.1. The molecule has 2 saturated heterocycles. The number of nitriles is 1. The minimum Gasteiger partial charge on any atom is -0.493 e. The first-order valence-electron chi connectivity index (χ1n) is 31.6. The lowest BCUT2D eigenvalue weighted by atomic mass is 9.71. The van der Waals surface area contributed by atoms with Gasteiger partial charge in [-0.2, -0.15) is 10.4 Å². The van der Waals surface area contributed by atoms with E-state index in [4.69, 9.17) is 62.7 Å². The minimum atomic E-state index is -1.03. The van der Waals surface area contributed by atoms with E-state index in [2.05, 4.69) is 72.9 Å². The van der Waals surface area contributed by atoms with Crippen LogP contribution in [-0.2, 0) is 53.3 Å². The number of ether oxygens (including phenoxy) is 5. The molecule has 4 aliphatic heterocycles. The lowest BCUT2D eigenvalue weighted by Crippen LogP contribution is -2.60. The van der Waals surface area contributed by atoms with Crippen molar-refractivity contribution in [3.63, 3.8) is 0 Å². The van der Waals surface area contributed by atoms with Gasteiger partial charge < -0.3 is 49.4 Å². The zero-order chi connectivity index (χ0) is 65.3. The quantitative estimate of drug-likeness (QED) is 0.0571. The van der Waals surface area contributed by atoms with Crippen molar-refractivity contribution in [1.82, 2.24) is 39.7 Å². The molecule has 4 aromatic carbocycles. The third kappa shape index (κ3) is 14.6. The molecule has 10 rings (SSSR count). The van der Waals surface area contributed by atoms with Crippen molar-refractivity contribution in [3.8, 4) is 22.9 Å². The van der Waals surface area contributed by atoms with E-state index >= 15 is 4.79 Å². The van der Waals surface area contributed by atoms with Gasteiger partial charge in [0.05, 0.1) is 95.5 Å². The molecule has 4 aliphatic rings. The lowest BCUT2D eigenvalue weighted by molar-refractivity contribution is -0.122. The molecule has 6 aromatic rings. The topological polar surface area (TPSA) is 218 Å². The molecule has 6 heterocycles. The fourth-order valence-corrected chi connectivity index (χ4v) is 13.0. The highest BCUT2D eigenvalue weighted by Gasteiger charge is 2.60. The number of piperazine rings is 1. The van der Waals surface area contributed by atoms with Gasteiger partial charge in [-0.15, -0.1) is 0 Å². The van der Waals surface area contributed by atoms with Crippen molar-refractivity contribution in [3.05, 3.63) is 158 Å². The third-order valence-electron chi connectivity index (χ3n) is 18.0. The second-order valence-electron chi connectivity index (χ2n) is 24.9. The molecule has 0 saturated carbocycles. The Morgan fingerprint density at radius 2 is 1.46 bits per heavy atom. The Bertz CT molecular complexity index is 3680. The average Bonchev–Trinajstić information content (AvgIpc) is 1.53. The smallest absolute Gasteiger partial charge is 0.326 e. The van der Waals surface area contributed by atoms with Crippen LogP contribution in [0.15, 0.2) is 102 Å². The first-order chi connectivity index (χ1) is 44.2. The Kier molecular flexibility index (Phi) is 21.6. The summed E-state index contributed by atoms with van der Waals surface area (Å²) < 4.78 is 45.7. The maximum Gasteiger partial charge on any atom is 0.326 e. The molecule has 488 valence electrons. The first kappa shape index (κ1) is 67.2. The number of aromatic nitrogens is 3. The summed E-state index contributed by atoms with van der Waals surface area (Å²) in [5.74, 6) is 0.499. The summed E-state index contributed by atoms with van der Waals surface area (Å²) in [7, 11) is 1.65. The number of urea groups is 1. The number of rotatable bonds is 23. The fourth-order valence-electron chi connectivity index (χ4n) is 12.7. The van der Waals surface area contributed by atoms with Crippen LogP contribution in [0.4, 0.5) is 20.7 Å². The van der Waals surface area contributed by atoms with Crippen molar-refractivity contribution in [2.75, 3.05) is 123 Å². The van der Waals surface area contributed by atoms with Crippen molar-refractivity contribution < 1.29 is 42.5 Å². The Morgan fingerprint density at radius 1 is 0.815 bits per heavy atom. The molecule has 2 fully saturated rings. The summed E-state index contributed by atoms with van der Waals surface area (Å²) in [6, 6.07) is 29.6. The van der Waals surface area contributed by atoms with Crippen LogP contribution >= 0.6 is 23.2 Å². The molecule has 0 unspecified atom stereocenters. The maximum atomic E-state index is 15.5. The summed E-state index contributed by atoms with van der Waals surface area (Å²) in [6.45, 7) is 20.0. The molecule has 0 spiro atoms. The molecule has 2 bridgehead atoms. The zero-order valence-electron chi connectivity index (χ0n) is 53.6. The van der Waals surface area contributed by atoms with E-state index in [9.17, 15) is 19.2 Å². The summed E-state index contributed by atoms with van der Waals surface area (Å²) in [4.78, 5) is 62.2. The van der Waals surface area contributed by atoms with Crippen LogP contribution in [0.3, 0.4) is 0 Å². The standard InChI is InChI=1S/C69H83Cl2FN12O8/c1-8-92-60-41-49(67(2,3)4)15-21-54(60)64-77-68(5,47-11-16-50(70)17-12-47)69(6,48-13-18-51(71)19-14-48)84(64)66(87)81-29-27-80(28-30-81)31-33-89-35-37-91-39-38-90-36-34-88-32-23-61(85)75-24-26-83-59(43-73)62-46-40-58(63(74)76-44-46)82-25-9-10-57(82)55-42-52(72)20-22-53(55)65(86)79(7)45-56(62)78-83/h11-22,40-42,44,57H,8-10,23-39,45H2,1-7H3,(H2,74,76)(H,75,85)/t57-,68+,69-/m1/s1. The average molecular weight is 1300 g/mol. The number of amidine groups is 1. The number of amides is 4. The van der Waals surface area contributed by atoms with Crippen LogP contribution in [0.1, 0.15) is 116 Å². The monoisotopic (exact) mass is 1300 g/mol. The summed E-state index contributed by atoms with van der Waals surface area (Å²) >= 11 is 13.0. The number of benzene rings is 4. The van der Waals surface area contributed by atoms with E-state index < -0.39 is 16.9 Å². The highest BCUT2D eigenvalue weighted by molar-refractivity contribution is 6.30. The molecule has 3 atom stereocenters. The van der Waals surface area contributed by atoms with Crippen LogP contribution < -0.4 is 20.7 Å². The Labute approximate surface area is 548 Å². The SMILES string of the molecule is CCOc1cc(C(C)(C)C)ccc1C1=N[C@@](C)(c2ccc(Cl)cc2)[C@@](C)(c2ccc(Cl)cc2)N1C(=O)N1CCN(CCOCCOCCOCCOCCC(=O)NCCn2nc3c(c2C#N)-c2cnc(N)c(c2)N2CCC[C@@H]2c2cc(F)ccc2C(=O)N(C)C3)CC1. The molecule has 0 radical (unpaired) electrons. The van der Waals surface area contributed by atoms with Crippen molar-refractivity contribution >= 4 is 58.4 Å². The molecule has 3 N–H and O–H groups in total. The predicted octanol–water partition coefficient (Wildman–Crippen LogP) is 10.4. The van der Waals surface area contributed by atoms with Crippen molar-refractivity contribution in [1.29, 1.82) is 5.26 Å². The van der Waals surface area contributed by atoms with E-state index in [0.717, 1.165) is 28.7 Å². The number of fused-ring (bicyclic) bond motifs is 8. The van der Waals surface area contributed by atoms with Gasteiger partial charge in [0.1, 0.15) is 46.1 Å². The van der Waals surface area contributed by atoms with Gasteiger partial charge in [0.15, 0.2) is 0 Å². The molecular formula is C69H83Cl2FN12O8. The van der Waals surface area contributed by atoms with Crippen molar-refractivity contribution in [2.45, 2.75) is 96.4 Å². The number of pyridine rings is 1. The third-order valence-corrected chi connectivity index (χ3v) is 18.5. The number of nitrogens with two attached hydrogens (primary N) is 1. The second-order valence-corrected chi connectivity index (χ2v) is 25.7. The number of nitrogen functional groups attached to an aromatic ring is 1. The number of nitrogens with zero attached hydrogens (tertiary/aromatic N) is 10. The Morgan fingerprint density at radius 3 is 2.11 bits per heavy atom. The summed E-state index contributed by atoms with van der Waals surface area (Å²) in [6.07, 6.45) is 3.21. The highest BCUT2D eigenvalue weighted by atomic mass is 35.5. The van der Waals surface area contributed by atoms with Crippen LogP contribution in [0.25, 0.3) is 11.1 Å². The van der Waals surface area contributed by atoms with Gasteiger partial charge in [0.2, 0.25) is 5.91 Å². The fraction of sp³-hybridized carbons (Fsp3) is 0.464. The molecule has 2 aromatic heterocycles. The maximum absolute atomic E-state index is 15.5. The number of hydrogen-bond donors (Lipinski definition) is 2. The Hall–Kier alpha value is -7.68. The van der Waals surface area contributed by atoms with E-state index in [-0.39, 0.29) is 73.5 Å². The van der Waals surface area contributed by atoms with Crippen LogP contribution in [0.2, 0.25) is 10.0 Å². The number of aliphatic imine (C=N–C) groups is 1. The molecule has 92 heavy (non-hydrogen) atoms. The van der Waals surface area contributed by atoms with Gasteiger partial charge in [-0.1, -0.05) is 74.3 Å². The number of nitrogens with one attached hydrogen (secondary N) is 1. The van der Waals surface area contributed by atoms with E-state index in [1.54, 1.807) is 13.2 Å². The highest BCUT2D eigenvalue weighted by Crippen LogP contribution is 2.54. The normalized spacial score (nSPS) is 19.2. The minimum absolute atomic E-state index is 0.0532. The molecule has 0 aliphatic carbocycles. The summed E-state index contributed by atoms with van der Waals surface area (Å²) in [5, 5.41) is 19.4. The molecule has 23 heteroatoms. The summed E-state index contributed by atoms with van der Waals surface area (Å²) in [5.41, 5.74) is 11.4. The van der Waals surface area contributed by atoms with E-state index in [1.807, 2.05) is 77.4 Å². The molecular weight excluding hydrogens is 1210 g/mol. The van der Waals surface area contributed by atoms with Gasteiger partial charge in [0.25, 0.3) is 5.91 Å². The number of carbonyl (C=O) groups is 3. The first-order valence-corrected chi connectivity index (χ1v) is 32.4. The van der Waals surface area contributed by atoms with Gasteiger partial charge in [0, 0.05) is 92.2 Å². The van der Waals surface area contributed by atoms with Crippen LogP contribution in [0.5, 0.6) is 5.75 Å². The number of hydrogen-bond acceptors (Lipinski definition) is 15. The van der Waals surface area contributed by atoms with Crippen LogP contribution in [0, 0.1) is 17.1 Å². The lowest BCUT2D eigenvalue weighted by Gasteiger charge is -2.47. The largest absolute Gasteiger partial charge is 0.493 e. The van der Waals surface area contributed by atoms with Gasteiger partial charge >= 0.3 is 6.03 Å². The van der Waals surface area contributed by atoms with E-state index in [0.29, 0.717) is 154 Å². The van der Waals surface area contributed by atoms with E-state index in [1.165, 1.54) is 27.8 Å². The van der Waals surface area contributed by atoms with Gasteiger partial charge in [-0.3, -0.25) is 29.1 Å². The number of carbonyl (C=O) groups excluding carboxylic acids is 3. The van der Waals surface area contributed by atoms with Crippen LogP contribution in [-0.4, -0.2) is 170 Å². The van der Waals surface area contributed by atoms with Gasteiger partial charge in [-0.25, -0.2) is 14.2 Å². The number of anilines is 2. The Balaban J connectivity index is 0.637. The van der Waals surface area contributed by atoms with Crippen molar-refractivity contribution in [2.24, 2.45) is 4.99 Å².